The largest absolute Gasteiger partial charge is 0.480 e. The van der Waals surface area contributed by atoms with Crippen molar-refractivity contribution in [1.29, 1.82) is 0 Å². The van der Waals surface area contributed by atoms with Crippen molar-refractivity contribution < 1.29 is 9.90 Å². The van der Waals surface area contributed by atoms with Crippen LogP contribution in [0.25, 0.3) is 10.8 Å². The third kappa shape index (κ3) is 3.03. The van der Waals surface area contributed by atoms with E-state index in [9.17, 15) is 14.7 Å². The minimum atomic E-state index is -0.990. The summed E-state index contributed by atoms with van der Waals surface area (Å²) < 4.78 is 1.35. The molecule has 2 aromatic carbocycles. The number of hydrogen-bond acceptors (Lipinski definition) is 2. The quantitative estimate of drug-likeness (QED) is 0.755. The van der Waals surface area contributed by atoms with Crippen LogP contribution in [0, 0.1) is 0 Å². The van der Waals surface area contributed by atoms with Gasteiger partial charge in [0.05, 0.1) is 0 Å². The highest BCUT2D eigenvalue weighted by Crippen LogP contribution is 2.42. The molecule has 1 saturated carbocycles. The van der Waals surface area contributed by atoms with E-state index in [0.29, 0.717) is 12.3 Å². The summed E-state index contributed by atoms with van der Waals surface area (Å²) >= 11 is 0. The fourth-order valence-electron chi connectivity index (χ4n) is 3.59. The molecule has 4 rings (SSSR count). The van der Waals surface area contributed by atoms with Crippen molar-refractivity contribution in [2.24, 2.45) is 0 Å². The minimum Gasteiger partial charge on any atom is -0.480 e. The summed E-state index contributed by atoms with van der Waals surface area (Å²) in [6, 6.07) is 15.3. The highest BCUT2D eigenvalue weighted by molar-refractivity contribution is 5.86. The van der Waals surface area contributed by atoms with E-state index in [-0.39, 0.29) is 5.56 Å². The maximum absolute atomic E-state index is 12.5. The number of carbonyl (C=O) groups is 1. The van der Waals surface area contributed by atoms with Crippen molar-refractivity contribution >= 4 is 16.7 Å². The van der Waals surface area contributed by atoms with Crippen molar-refractivity contribution in [2.75, 3.05) is 0 Å². The van der Waals surface area contributed by atoms with Gasteiger partial charge in [-0.1, -0.05) is 42.5 Å². The Balaban J connectivity index is 1.80. The van der Waals surface area contributed by atoms with E-state index < -0.39 is 12.0 Å². The number of aromatic nitrogens is 1. The number of aliphatic carboxylic acids is 1. The summed E-state index contributed by atoms with van der Waals surface area (Å²) in [6.07, 6.45) is 4.66. The second kappa shape index (κ2) is 6.45. The molecule has 1 aliphatic rings. The highest BCUT2D eigenvalue weighted by Gasteiger charge is 2.28. The molecule has 132 valence electrons. The molecule has 1 N–H and O–H groups in total. The molecule has 0 radical (unpaired) electrons. The Kier molecular flexibility index (Phi) is 4.11. The lowest BCUT2D eigenvalue weighted by atomic mass is 9.95. The van der Waals surface area contributed by atoms with Crippen LogP contribution in [0.15, 0.2) is 59.5 Å². The first kappa shape index (κ1) is 16.6. The minimum absolute atomic E-state index is 0.250. The van der Waals surface area contributed by atoms with Crippen molar-refractivity contribution in [2.45, 2.75) is 38.1 Å². The SMILES string of the molecule is C[C@@H](C(=O)O)n1cc(C2CC2)c(Cc2cccc3ccccc23)cc1=O. The lowest BCUT2D eigenvalue weighted by Gasteiger charge is -2.16. The van der Waals surface area contributed by atoms with Crippen molar-refractivity contribution in [1.82, 2.24) is 4.57 Å². The average molecular weight is 347 g/mol. The number of nitrogens with zero attached hydrogens (tertiary/aromatic N) is 1. The molecule has 4 nitrogen and oxygen atoms in total. The third-order valence-corrected chi connectivity index (χ3v) is 5.25. The molecule has 1 heterocycles. The first-order valence-electron chi connectivity index (χ1n) is 8.99. The van der Waals surface area contributed by atoms with Gasteiger partial charge in [-0.15, -0.1) is 0 Å². The number of hydrogen-bond donors (Lipinski definition) is 1. The van der Waals surface area contributed by atoms with Gasteiger partial charge in [0.1, 0.15) is 6.04 Å². The van der Waals surface area contributed by atoms with E-state index in [4.69, 9.17) is 0 Å². The zero-order valence-corrected chi connectivity index (χ0v) is 14.7. The fraction of sp³-hybridized carbons (Fsp3) is 0.273. The molecule has 3 aromatic rings. The van der Waals surface area contributed by atoms with Gasteiger partial charge in [0, 0.05) is 12.3 Å². The maximum atomic E-state index is 12.5. The number of rotatable bonds is 5. The molecule has 0 saturated heterocycles. The van der Waals surface area contributed by atoms with Gasteiger partial charge in [-0.25, -0.2) is 4.79 Å². The van der Waals surface area contributed by atoms with Crippen LogP contribution in [0.1, 0.15) is 48.4 Å². The molecule has 0 bridgehead atoms. The molecule has 0 unspecified atom stereocenters. The number of carboxylic acids is 1. The van der Waals surface area contributed by atoms with Crippen LogP contribution in [0.4, 0.5) is 0 Å². The second-order valence-corrected chi connectivity index (χ2v) is 7.10. The number of fused-ring (bicyclic) bond motifs is 1. The van der Waals surface area contributed by atoms with Crippen LogP contribution in [-0.4, -0.2) is 15.6 Å². The molecule has 1 atom stereocenters. The molecule has 0 aliphatic heterocycles. The monoisotopic (exact) mass is 347 g/mol. The van der Waals surface area contributed by atoms with Gasteiger partial charge in [0.15, 0.2) is 0 Å². The summed E-state index contributed by atoms with van der Waals surface area (Å²) in [5, 5.41) is 11.6. The molecule has 1 aliphatic carbocycles. The second-order valence-electron chi connectivity index (χ2n) is 7.10. The Morgan fingerprint density at radius 3 is 2.62 bits per heavy atom. The Hall–Kier alpha value is -2.88. The van der Waals surface area contributed by atoms with Gasteiger partial charge < -0.3 is 9.67 Å². The lowest BCUT2D eigenvalue weighted by molar-refractivity contribution is -0.140. The number of benzene rings is 2. The standard InChI is InChI=1S/C22H21NO3/c1-14(22(25)26)23-13-20(16-9-10-16)18(12-21(23)24)11-17-7-4-6-15-5-2-3-8-19(15)17/h2-8,12-14,16H,9-11H2,1H3,(H,25,26)/t14-/m0/s1. The van der Waals surface area contributed by atoms with Crippen molar-refractivity contribution in [3.63, 3.8) is 0 Å². The number of carboxylic acid groups (broad SMARTS) is 1. The fourth-order valence-corrected chi connectivity index (χ4v) is 3.59. The first-order valence-corrected chi connectivity index (χ1v) is 8.99. The van der Waals surface area contributed by atoms with E-state index in [1.165, 1.54) is 20.9 Å². The van der Waals surface area contributed by atoms with Crippen LogP contribution in [0.5, 0.6) is 0 Å². The van der Waals surface area contributed by atoms with Gasteiger partial charge in [-0.3, -0.25) is 4.79 Å². The predicted molar refractivity (Wildman–Crippen MR) is 102 cm³/mol. The van der Waals surface area contributed by atoms with Gasteiger partial charge in [0.2, 0.25) is 0 Å². The van der Waals surface area contributed by atoms with E-state index in [1.807, 2.05) is 18.2 Å². The Morgan fingerprint density at radius 2 is 1.88 bits per heavy atom. The van der Waals surface area contributed by atoms with Crippen LogP contribution in [0.3, 0.4) is 0 Å². The highest BCUT2D eigenvalue weighted by atomic mass is 16.4. The Morgan fingerprint density at radius 1 is 1.15 bits per heavy atom. The topological polar surface area (TPSA) is 59.3 Å². The van der Waals surface area contributed by atoms with Gasteiger partial charge in [0.25, 0.3) is 5.56 Å². The molecule has 0 amide bonds. The summed E-state index contributed by atoms with van der Waals surface area (Å²) in [7, 11) is 0. The van der Waals surface area contributed by atoms with Crippen LogP contribution < -0.4 is 5.56 Å². The van der Waals surface area contributed by atoms with Crippen LogP contribution in [-0.2, 0) is 11.2 Å². The molecule has 4 heteroatoms. The van der Waals surface area contributed by atoms with Gasteiger partial charge in [-0.05, 0) is 59.6 Å². The summed E-state index contributed by atoms with van der Waals surface area (Å²) in [5.41, 5.74) is 3.07. The predicted octanol–water partition coefficient (Wildman–Crippen LogP) is 4.12. The normalized spacial score (nSPS) is 15.1. The number of pyridine rings is 1. The average Bonchev–Trinajstić information content (AvgIpc) is 3.46. The molecule has 26 heavy (non-hydrogen) atoms. The van der Waals surface area contributed by atoms with E-state index >= 15 is 0 Å². The van der Waals surface area contributed by atoms with E-state index in [1.54, 1.807) is 19.2 Å². The Labute approximate surface area is 151 Å². The van der Waals surface area contributed by atoms with Crippen molar-refractivity contribution in [3.05, 3.63) is 81.8 Å². The summed E-state index contributed by atoms with van der Waals surface area (Å²) in [6.45, 7) is 1.55. The third-order valence-electron chi connectivity index (χ3n) is 5.25. The molecule has 1 fully saturated rings. The maximum Gasteiger partial charge on any atom is 0.326 e. The summed E-state index contributed by atoms with van der Waals surface area (Å²) in [5.74, 6) is -0.552. The molecule has 0 spiro atoms. The van der Waals surface area contributed by atoms with E-state index in [0.717, 1.165) is 24.0 Å². The molecular formula is C22H21NO3. The molecule has 1 aromatic heterocycles. The van der Waals surface area contributed by atoms with Crippen molar-refractivity contribution in [3.8, 4) is 0 Å². The summed E-state index contributed by atoms with van der Waals surface area (Å²) in [4.78, 5) is 23.8. The lowest BCUT2D eigenvalue weighted by Crippen LogP contribution is -2.28. The zero-order chi connectivity index (χ0) is 18.3. The molecular weight excluding hydrogens is 326 g/mol. The smallest absolute Gasteiger partial charge is 0.326 e. The van der Waals surface area contributed by atoms with Crippen LogP contribution >= 0.6 is 0 Å². The van der Waals surface area contributed by atoms with Gasteiger partial charge >= 0.3 is 5.97 Å². The van der Waals surface area contributed by atoms with Gasteiger partial charge in [-0.2, -0.15) is 0 Å². The van der Waals surface area contributed by atoms with E-state index in [2.05, 4.69) is 24.3 Å². The van der Waals surface area contributed by atoms with Crippen LogP contribution in [0.2, 0.25) is 0 Å². The Bertz CT molecular complexity index is 1040. The first-order chi connectivity index (χ1) is 12.5. The zero-order valence-electron chi connectivity index (χ0n) is 14.7.